The van der Waals surface area contributed by atoms with Gasteiger partial charge in [-0.15, -0.1) is 0 Å². The molecule has 3 aliphatic rings. The lowest BCUT2D eigenvalue weighted by atomic mass is 10.0. The zero-order valence-electron chi connectivity index (χ0n) is 19.5. The number of alkyl halides is 3. The molecule has 3 heterocycles. The summed E-state index contributed by atoms with van der Waals surface area (Å²) < 4.78 is 42.0. The SMILES string of the molecule is CCN1CCN(C2C[C@@H]3[C@H](C2)[C@H]3c2cc(-c3cnc(N)c(C(F)(F)F)c3)nn2C(C)C)CC1. The van der Waals surface area contributed by atoms with E-state index in [9.17, 15) is 13.2 Å². The molecule has 0 radical (unpaired) electrons. The van der Waals surface area contributed by atoms with E-state index in [1.54, 1.807) is 0 Å². The predicted octanol–water partition coefficient (Wildman–Crippen LogP) is 4.26. The molecule has 33 heavy (non-hydrogen) atoms. The summed E-state index contributed by atoms with van der Waals surface area (Å²) in [6.45, 7) is 12.1. The van der Waals surface area contributed by atoms with Gasteiger partial charge in [-0.3, -0.25) is 9.58 Å². The van der Waals surface area contributed by atoms with Crippen molar-refractivity contribution >= 4 is 5.82 Å². The molecule has 0 aromatic carbocycles. The fourth-order valence-corrected chi connectivity index (χ4v) is 6.05. The Bertz CT molecular complexity index is 996. The number of pyridine rings is 1. The monoisotopic (exact) mass is 462 g/mol. The summed E-state index contributed by atoms with van der Waals surface area (Å²) in [5.41, 5.74) is 6.62. The van der Waals surface area contributed by atoms with Gasteiger partial charge in [-0.2, -0.15) is 18.3 Å². The largest absolute Gasteiger partial charge is 0.419 e. The van der Waals surface area contributed by atoms with Crippen molar-refractivity contribution in [2.45, 2.75) is 57.8 Å². The second-order valence-electron chi connectivity index (χ2n) is 10.1. The van der Waals surface area contributed by atoms with E-state index in [0.717, 1.165) is 44.5 Å². The topological polar surface area (TPSA) is 63.2 Å². The van der Waals surface area contributed by atoms with Crippen LogP contribution in [0.3, 0.4) is 0 Å². The Hall–Kier alpha value is -2.13. The van der Waals surface area contributed by atoms with Crippen LogP contribution in [0.1, 0.15) is 56.8 Å². The van der Waals surface area contributed by atoms with E-state index in [1.807, 2.05) is 10.7 Å². The molecule has 5 rings (SSSR count). The molecule has 0 amide bonds. The number of hydrogen-bond acceptors (Lipinski definition) is 5. The third kappa shape index (κ3) is 4.14. The number of fused-ring (bicyclic) bond motifs is 1. The van der Waals surface area contributed by atoms with E-state index in [0.29, 0.717) is 35.1 Å². The molecule has 2 N–H and O–H groups in total. The molecule has 4 atom stereocenters. The minimum absolute atomic E-state index is 0.136. The first-order valence-corrected chi connectivity index (χ1v) is 12.1. The molecule has 2 aromatic heterocycles. The molecule has 6 nitrogen and oxygen atoms in total. The normalized spacial score (nSPS) is 28.5. The summed E-state index contributed by atoms with van der Waals surface area (Å²) in [6.07, 6.45) is -0.730. The summed E-state index contributed by atoms with van der Waals surface area (Å²) >= 11 is 0. The highest BCUT2D eigenvalue weighted by Crippen LogP contribution is 2.64. The molecule has 2 aromatic rings. The van der Waals surface area contributed by atoms with E-state index in [-0.39, 0.29) is 6.04 Å². The van der Waals surface area contributed by atoms with Crippen LogP contribution in [0.25, 0.3) is 11.3 Å². The Morgan fingerprint density at radius 3 is 2.33 bits per heavy atom. The zero-order chi connectivity index (χ0) is 23.5. The van der Waals surface area contributed by atoms with Gasteiger partial charge < -0.3 is 10.6 Å². The van der Waals surface area contributed by atoms with Crippen LogP contribution < -0.4 is 5.73 Å². The van der Waals surface area contributed by atoms with Gasteiger partial charge in [-0.05, 0) is 57.2 Å². The van der Waals surface area contributed by atoms with Crippen LogP contribution in [0.4, 0.5) is 19.0 Å². The van der Waals surface area contributed by atoms with Gasteiger partial charge in [0.05, 0.1) is 11.3 Å². The van der Waals surface area contributed by atoms with Gasteiger partial charge >= 0.3 is 6.18 Å². The number of nitrogens with two attached hydrogens (primary N) is 1. The van der Waals surface area contributed by atoms with Gasteiger partial charge in [0.25, 0.3) is 0 Å². The third-order valence-electron chi connectivity index (χ3n) is 7.91. The first kappa shape index (κ1) is 22.7. The number of aromatic nitrogens is 3. The van der Waals surface area contributed by atoms with Crippen molar-refractivity contribution in [1.29, 1.82) is 0 Å². The molecule has 3 fully saturated rings. The minimum atomic E-state index is -4.54. The molecule has 1 aliphatic heterocycles. The molecule has 1 unspecified atom stereocenters. The van der Waals surface area contributed by atoms with Crippen LogP contribution in [-0.2, 0) is 6.18 Å². The Morgan fingerprint density at radius 2 is 1.76 bits per heavy atom. The molecule has 2 aliphatic carbocycles. The van der Waals surface area contributed by atoms with Gasteiger partial charge in [0.15, 0.2) is 0 Å². The Balaban J connectivity index is 1.33. The van der Waals surface area contributed by atoms with Gasteiger partial charge in [0.2, 0.25) is 0 Å². The maximum atomic E-state index is 13.3. The van der Waals surface area contributed by atoms with E-state index in [4.69, 9.17) is 10.8 Å². The fourth-order valence-electron chi connectivity index (χ4n) is 6.05. The number of rotatable bonds is 5. The van der Waals surface area contributed by atoms with Crippen LogP contribution in [0.5, 0.6) is 0 Å². The predicted molar refractivity (Wildman–Crippen MR) is 122 cm³/mol. The Morgan fingerprint density at radius 1 is 1.09 bits per heavy atom. The molecule has 0 spiro atoms. The number of nitrogen functional groups attached to an aromatic ring is 1. The van der Waals surface area contributed by atoms with E-state index < -0.39 is 17.6 Å². The second-order valence-corrected chi connectivity index (χ2v) is 10.1. The summed E-state index contributed by atoms with van der Waals surface area (Å²) in [4.78, 5) is 8.97. The number of piperazine rings is 1. The number of halogens is 3. The van der Waals surface area contributed by atoms with Crippen LogP contribution in [-0.4, -0.2) is 63.3 Å². The van der Waals surface area contributed by atoms with Gasteiger partial charge in [-0.1, -0.05) is 6.92 Å². The maximum absolute atomic E-state index is 13.3. The number of nitrogens with zero attached hydrogens (tertiary/aromatic N) is 5. The van der Waals surface area contributed by atoms with Crippen molar-refractivity contribution in [3.8, 4) is 11.3 Å². The maximum Gasteiger partial charge on any atom is 0.419 e. The zero-order valence-corrected chi connectivity index (χ0v) is 19.5. The second kappa shape index (κ2) is 8.27. The average molecular weight is 463 g/mol. The molecule has 1 saturated heterocycles. The fraction of sp³-hybridized carbons (Fsp3) is 0.667. The lowest BCUT2D eigenvalue weighted by Crippen LogP contribution is -2.49. The summed E-state index contributed by atoms with van der Waals surface area (Å²) in [5.74, 6) is 1.25. The van der Waals surface area contributed by atoms with Crippen molar-refractivity contribution in [3.05, 3.63) is 29.6 Å². The van der Waals surface area contributed by atoms with Crippen LogP contribution in [0.2, 0.25) is 0 Å². The molecule has 0 bridgehead atoms. The first-order chi connectivity index (χ1) is 15.7. The quantitative estimate of drug-likeness (QED) is 0.720. The van der Waals surface area contributed by atoms with Gasteiger partial charge in [0.1, 0.15) is 5.82 Å². The first-order valence-electron chi connectivity index (χ1n) is 12.1. The van der Waals surface area contributed by atoms with Crippen molar-refractivity contribution in [2.24, 2.45) is 11.8 Å². The van der Waals surface area contributed by atoms with Crippen molar-refractivity contribution in [1.82, 2.24) is 24.6 Å². The number of likely N-dealkylation sites (N-methyl/N-ethyl adjacent to an activating group) is 1. The summed E-state index contributed by atoms with van der Waals surface area (Å²) in [5, 5.41) is 4.70. The standard InChI is InChI=1S/C24H33F3N6/c1-4-31-5-7-32(8-6-31)16-10-17-18(11-16)22(17)21-12-20(30-33(21)14(2)3)15-9-19(24(25,26)27)23(28)29-13-15/h9,12-14,16-18,22H,4-8,10-11H2,1-3H3,(H2,28,29)/t16?,17-,18+,22+. The lowest BCUT2D eigenvalue weighted by molar-refractivity contribution is -0.137. The van der Waals surface area contributed by atoms with E-state index in [2.05, 4.69) is 35.6 Å². The van der Waals surface area contributed by atoms with Gasteiger partial charge in [0, 0.05) is 61.6 Å². The molecular formula is C24H33F3N6. The number of hydrogen-bond donors (Lipinski definition) is 1. The van der Waals surface area contributed by atoms with Crippen LogP contribution in [0, 0.1) is 11.8 Å². The molecule has 180 valence electrons. The molecular weight excluding hydrogens is 429 g/mol. The molecule has 9 heteroatoms. The van der Waals surface area contributed by atoms with E-state index in [1.165, 1.54) is 19.0 Å². The van der Waals surface area contributed by atoms with Crippen molar-refractivity contribution in [3.63, 3.8) is 0 Å². The Kier molecular flexibility index (Phi) is 5.68. The van der Waals surface area contributed by atoms with Crippen molar-refractivity contribution in [2.75, 3.05) is 38.5 Å². The molecule has 2 saturated carbocycles. The highest BCUT2D eigenvalue weighted by atomic mass is 19.4. The van der Waals surface area contributed by atoms with Gasteiger partial charge in [-0.25, -0.2) is 4.98 Å². The average Bonchev–Trinajstić information content (AvgIpc) is 3.13. The van der Waals surface area contributed by atoms with E-state index >= 15 is 0 Å². The van der Waals surface area contributed by atoms with Crippen LogP contribution in [0.15, 0.2) is 18.3 Å². The summed E-state index contributed by atoms with van der Waals surface area (Å²) in [7, 11) is 0. The lowest BCUT2D eigenvalue weighted by Gasteiger charge is -2.38. The van der Waals surface area contributed by atoms with Crippen LogP contribution >= 0.6 is 0 Å². The summed E-state index contributed by atoms with van der Waals surface area (Å²) in [6, 6.07) is 3.85. The Labute approximate surface area is 192 Å². The number of anilines is 1. The third-order valence-corrected chi connectivity index (χ3v) is 7.91. The minimum Gasteiger partial charge on any atom is -0.383 e. The highest BCUT2D eigenvalue weighted by molar-refractivity contribution is 5.63. The highest BCUT2D eigenvalue weighted by Gasteiger charge is 2.58. The smallest absolute Gasteiger partial charge is 0.383 e. The van der Waals surface area contributed by atoms with Crippen molar-refractivity contribution < 1.29 is 13.2 Å².